The monoisotopic (exact) mass is 443 g/mol. The zero-order valence-corrected chi connectivity index (χ0v) is 19.6. The summed E-state index contributed by atoms with van der Waals surface area (Å²) in [5.41, 5.74) is 0.143. The second kappa shape index (κ2) is 15.8. The predicted octanol–water partition coefficient (Wildman–Crippen LogP) is 4.21. The summed E-state index contributed by atoms with van der Waals surface area (Å²) in [6.07, 6.45) is 2.91. The quantitative estimate of drug-likeness (QED) is 0.233. The van der Waals surface area contributed by atoms with Crippen molar-refractivity contribution in [2.45, 2.75) is 65.3 Å². The first-order valence-corrected chi connectivity index (χ1v) is 12.4. The van der Waals surface area contributed by atoms with E-state index in [9.17, 15) is 9.59 Å². The molecule has 0 aliphatic carbocycles. The van der Waals surface area contributed by atoms with Crippen LogP contribution in [0.3, 0.4) is 0 Å². The highest BCUT2D eigenvalue weighted by Crippen LogP contribution is 2.29. The van der Waals surface area contributed by atoms with Crippen molar-refractivity contribution in [3.05, 3.63) is 0 Å². The van der Waals surface area contributed by atoms with Crippen LogP contribution in [0.5, 0.6) is 0 Å². The van der Waals surface area contributed by atoms with Crippen molar-refractivity contribution < 1.29 is 22.9 Å². The number of hydrogen-bond acceptors (Lipinski definition) is 6. The Balaban J connectivity index is 4.83. The van der Waals surface area contributed by atoms with Crippen molar-refractivity contribution in [2.75, 3.05) is 39.5 Å². The Morgan fingerprint density at radius 1 is 0.852 bits per heavy atom. The van der Waals surface area contributed by atoms with Gasteiger partial charge in [-0.2, -0.15) is 0 Å². The summed E-state index contributed by atoms with van der Waals surface area (Å²) in [4.78, 5) is 24.2. The molecule has 27 heavy (non-hydrogen) atoms. The summed E-state index contributed by atoms with van der Waals surface area (Å²) in [5, 5.41) is -0.649. The normalized spacial score (nSPS) is 13.1. The molecule has 1 atom stereocenters. The molecule has 0 aromatic carbocycles. The molecule has 0 aliphatic rings. The van der Waals surface area contributed by atoms with Crippen LogP contribution < -0.4 is 0 Å². The molecule has 0 amide bonds. The Bertz CT molecular complexity index is 392. The third kappa shape index (κ3) is 12.2. The highest BCUT2D eigenvalue weighted by Gasteiger charge is 2.46. The molecule has 6 nitrogen and oxygen atoms in total. The Hall–Kier alpha value is -0.0231. The molecular weight excluding hydrogens is 409 g/mol. The van der Waals surface area contributed by atoms with Crippen molar-refractivity contribution in [1.29, 1.82) is 0 Å². The summed E-state index contributed by atoms with van der Waals surface area (Å²) in [7, 11) is -2.74. The second-order valence-electron chi connectivity index (χ2n) is 6.35. The van der Waals surface area contributed by atoms with E-state index in [0.717, 1.165) is 26.1 Å². The van der Waals surface area contributed by atoms with Gasteiger partial charge in [-0.05, 0) is 82.9 Å². The molecule has 0 rings (SSSR count). The van der Waals surface area contributed by atoms with E-state index in [1.54, 1.807) is 0 Å². The molecule has 0 saturated heterocycles. The Morgan fingerprint density at radius 2 is 1.26 bits per heavy atom. The number of hydrogen-bond donors (Lipinski definition) is 0. The Morgan fingerprint density at radius 3 is 1.59 bits per heavy atom. The molecule has 0 spiro atoms. The van der Waals surface area contributed by atoms with E-state index in [0.29, 0.717) is 45.5 Å². The molecule has 0 aliphatic heterocycles. The van der Waals surface area contributed by atoms with E-state index in [4.69, 9.17) is 36.5 Å². The lowest BCUT2D eigenvalue weighted by atomic mass is 10.2. The lowest BCUT2D eigenvalue weighted by Gasteiger charge is -2.34. The van der Waals surface area contributed by atoms with E-state index >= 15 is 0 Å². The van der Waals surface area contributed by atoms with Gasteiger partial charge in [0.25, 0.3) is 0 Å². The van der Waals surface area contributed by atoms with Crippen molar-refractivity contribution in [3.63, 3.8) is 0 Å². The maximum Gasteiger partial charge on any atom is 0.503 e. The topological polar surface area (TPSA) is 65.1 Å². The predicted molar refractivity (Wildman–Crippen MR) is 111 cm³/mol. The molecule has 160 valence electrons. The van der Waals surface area contributed by atoms with Crippen molar-refractivity contribution in [3.8, 4) is 0 Å². The molecule has 0 bridgehead atoms. The minimum Gasteiger partial charge on any atom is -0.374 e. The van der Waals surface area contributed by atoms with Gasteiger partial charge in [0.2, 0.25) is 10.5 Å². The second-order valence-corrected chi connectivity index (χ2v) is 10.3. The van der Waals surface area contributed by atoms with E-state index in [1.165, 1.54) is 0 Å². The Labute approximate surface area is 175 Å². The summed E-state index contributed by atoms with van der Waals surface area (Å²) < 4.78 is 17.9. The zero-order valence-electron chi connectivity index (χ0n) is 17.1. The van der Waals surface area contributed by atoms with Gasteiger partial charge in [0, 0.05) is 38.2 Å². The maximum absolute atomic E-state index is 11.0. The van der Waals surface area contributed by atoms with Crippen molar-refractivity contribution >= 4 is 42.5 Å². The van der Waals surface area contributed by atoms with Crippen LogP contribution in [0.4, 0.5) is 0 Å². The smallest absolute Gasteiger partial charge is 0.374 e. The average molecular weight is 444 g/mol. The fourth-order valence-corrected chi connectivity index (χ4v) is 5.99. The van der Waals surface area contributed by atoms with E-state index < -0.39 is 8.80 Å². The van der Waals surface area contributed by atoms with E-state index in [1.807, 2.05) is 20.8 Å². The fourth-order valence-electron chi connectivity index (χ4n) is 2.93. The first-order chi connectivity index (χ1) is 12.8. The summed E-state index contributed by atoms with van der Waals surface area (Å²) in [6.45, 7) is 11.9. The standard InChI is InChI=1S/C18H35Cl2NO5Si/c1-5-24-27(25-6-2,26-7-3)16(4)12-15-21(13-8-10-17(19)22)14-9-11-18(20)23/h16H,5-15H2,1-4H3. The van der Waals surface area contributed by atoms with Crippen LogP contribution in [0.15, 0.2) is 0 Å². The van der Waals surface area contributed by atoms with Gasteiger partial charge < -0.3 is 18.2 Å². The van der Waals surface area contributed by atoms with E-state index in [-0.39, 0.29) is 16.0 Å². The lowest BCUT2D eigenvalue weighted by molar-refractivity contribution is -0.112. The highest BCUT2D eigenvalue weighted by molar-refractivity contribution is 6.63. The molecule has 0 radical (unpaired) electrons. The SMILES string of the molecule is CCO[Si](OCC)(OCC)C(C)CCN(CCCC(=O)Cl)CCCC(=O)Cl. The first kappa shape index (κ1) is 27.0. The van der Waals surface area contributed by atoms with Crippen LogP contribution in [0.25, 0.3) is 0 Å². The molecule has 0 N–H and O–H groups in total. The van der Waals surface area contributed by atoms with E-state index in [2.05, 4.69) is 11.8 Å². The minimum atomic E-state index is -2.74. The molecule has 0 heterocycles. The molecule has 0 aromatic rings. The molecule has 1 unspecified atom stereocenters. The van der Waals surface area contributed by atoms with Crippen LogP contribution in [0, 0.1) is 0 Å². The number of halogens is 2. The largest absolute Gasteiger partial charge is 0.503 e. The zero-order chi connectivity index (χ0) is 20.7. The molecular formula is C18H35Cl2NO5Si. The molecule has 0 fully saturated rings. The van der Waals surface area contributed by atoms with Gasteiger partial charge >= 0.3 is 8.80 Å². The van der Waals surface area contributed by atoms with Crippen LogP contribution in [0.2, 0.25) is 5.54 Å². The first-order valence-electron chi connectivity index (χ1n) is 9.82. The number of carbonyl (C=O) groups is 2. The van der Waals surface area contributed by atoms with Gasteiger partial charge in [0.15, 0.2) is 0 Å². The molecule has 9 heteroatoms. The van der Waals surface area contributed by atoms with Crippen LogP contribution >= 0.6 is 23.2 Å². The maximum atomic E-state index is 11.0. The van der Waals surface area contributed by atoms with Gasteiger partial charge in [-0.15, -0.1) is 0 Å². The minimum absolute atomic E-state index is 0.143. The van der Waals surface area contributed by atoms with Gasteiger partial charge in [0.1, 0.15) is 0 Å². The summed E-state index contributed by atoms with van der Waals surface area (Å²) >= 11 is 10.9. The van der Waals surface area contributed by atoms with Crippen molar-refractivity contribution in [2.24, 2.45) is 0 Å². The van der Waals surface area contributed by atoms with Crippen molar-refractivity contribution in [1.82, 2.24) is 4.90 Å². The lowest BCUT2D eigenvalue weighted by Crippen LogP contribution is -2.50. The molecule has 0 saturated carbocycles. The number of carbonyl (C=O) groups excluding carboxylic acids is 2. The van der Waals surface area contributed by atoms with Gasteiger partial charge in [-0.3, -0.25) is 9.59 Å². The van der Waals surface area contributed by atoms with Gasteiger partial charge in [0.05, 0.1) is 0 Å². The Kier molecular flexibility index (Phi) is 15.8. The van der Waals surface area contributed by atoms with Crippen LogP contribution in [-0.2, 0) is 22.9 Å². The fraction of sp³-hybridized carbons (Fsp3) is 0.889. The number of nitrogens with zero attached hydrogens (tertiary/aromatic N) is 1. The molecule has 0 aromatic heterocycles. The van der Waals surface area contributed by atoms with Crippen LogP contribution in [-0.4, -0.2) is 63.6 Å². The van der Waals surface area contributed by atoms with Gasteiger partial charge in [-0.25, -0.2) is 0 Å². The number of rotatable bonds is 18. The summed E-state index contributed by atoms with van der Waals surface area (Å²) in [6, 6.07) is 0. The average Bonchev–Trinajstić information content (AvgIpc) is 2.58. The third-order valence-electron chi connectivity index (χ3n) is 4.21. The highest BCUT2D eigenvalue weighted by atomic mass is 35.5. The third-order valence-corrected chi connectivity index (χ3v) is 8.16. The summed E-state index contributed by atoms with van der Waals surface area (Å²) in [5.74, 6) is 0. The van der Waals surface area contributed by atoms with Gasteiger partial charge in [-0.1, -0.05) is 6.92 Å². The van der Waals surface area contributed by atoms with Crippen LogP contribution in [0.1, 0.15) is 59.8 Å².